The van der Waals surface area contributed by atoms with Crippen molar-refractivity contribution >= 4 is 0 Å². The molecule has 0 bridgehead atoms. The lowest BCUT2D eigenvalue weighted by molar-refractivity contribution is 0.171. The van der Waals surface area contributed by atoms with Crippen molar-refractivity contribution in [3.05, 3.63) is 35.9 Å². The molecule has 1 aliphatic heterocycles. The molecule has 0 unspecified atom stereocenters. The summed E-state index contributed by atoms with van der Waals surface area (Å²) in [6.07, 6.45) is 2.81. The maximum absolute atomic E-state index is 5.60. The highest BCUT2D eigenvalue weighted by Gasteiger charge is 2.13. The minimum absolute atomic E-state index is 0.595. The van der Waals surface area contributed by atoms with E-state index in [1.54, 1.807) is 0 Å². The molecule has 0 saturated carbocycles. The molecule has 0 aliphatic carbocycles. The molecule has 0 spiro atoms. The van der Waals surface area contributed by atoms with Crippen LogP contribution in [0.15, 0.2) is 24.4 Å². The van der Waals surface area contributed by atoms with Crippen LogP contribution in [0, 0.1) is 6.92 Å². The van der Waals surface area contributed by atoms with Crippen LogP contribution in [-0.4, -0.2) is 29.3 Å². The number of imidazole rings is 1. The van der Waals surface area contributed by atoms with Crippen molar-refractivity contribution in [1.29, 1.82) is 0 Å². The lowest BCUT2D eigenvalue weighted by Gasteiger charge is -2.19. The summed E-state index contributed by atoms with van der Waals surface area (Å²) in [5, 5.41) is 0. The molecule has 1 aromatic carbocycles. The van der Waals surface area contributed by atoms with E-state index in [9.17, 15) is 0 Å². The Hall–Kier alpha value is -2.01. The van der Waals surface area contributed by atoms with Gasteiger partial charge in [-0.15, -0.1) is 0 Å². The maximum atomic E-state index is 5.60. The molecule has 2 heterocycles. The van der Waals surface area contributed by atoms with Gasteiger partial charge in [0.2, 0.25) is 0 Å². The van der Waals surface area contributed by atoms with E-state index < -0.39 is 0 Å². The van der Waals surface area contributed by atoms with E-state index in [-0.39, 0.29) is 0 Å². The average Bonchev–Trinajstić information content (AvgIpc) is 2.79. The number of nitrogens with two attached hydrogens (primary N) is 1. The highest BCUT2D eigenvalue weighted by molar-refractivity contribution is 5.50. The van der Waals surface area contributed by atoms with Crippen LogP contribution in [-0.2, 0) is 6.42 Å². The predicted octanol–water partition coefficient (Wildman–Crippen LogP) is 1.45. The molecule has 2 aromatic rings. The van der Waals surface area contributed by atoms with Crippen molar-refractivity contribution < 1.29 is 9.47 Å². The summed E-state index contributed by atoms with van der Waals surface area (Å²) >= 11 is 0. The Balaban J connectivity index is 1.97. The Labute approximate surface area is 112 Å². The van der Waals surface area contributed by atoms with E-state index in [1.165, 1.54) is 0 Å². The van der Waals surface area contributed by atoms with Crippen molar-refractivity contribution in [3.63, 3.8) is 0 Å². The zero-order valence-corrected chi connectivity index (χ0v) is 10.9. The van der Waals surface area contributed by atoms with E-state index >= 15 is 0 Å². The van der Waals surface area contributed by atoms with Crippen LogP contribution in [0.25, 0.3) is 5.69 Å². The van der Waals surface area contributed by atoms with Gasteiger partial charge in [0.15, 0.2) is 11.5 Å². The second-order valence-corrected chi connectivity index (χ2v) is 4.52. The van der Waals surface area contributed by atoms with Gasteiger partial charge in [-0.05, 0) is 25.6 Å². The standard InChI is InChI=1S/C14H17N3O2/c1-10-16-11(4-5-15)9-17(10)12-2-3-13-14(8-12)19-7-6-18-13/h2-3,8-9H,4-7,15H2,1H3. The Bertz CT molecular complexity index is 592. The van der Waals surface area contributed by atoms with Crippen molar-refractivity contribution in [2.75, 3.05) is 19.8 Å². The van der Waals surface area contributed by atoms with Gasteiger partial charge in [-0.3, -0.25) is 0 Å². The van der Waals surface area contributed by atoms with E-state index in [0.29, 0.717) is 19.8 Å². The lowest BCUT2D eigenvalue weighted by Crippen LogP contribution is -2.15. The molecule has 100 valence electrons. The van der Waals surface area contributed by atoms with Crippen molar-refractivity contribution in [1.82, 2.24) is 9.55 Å². The third kappa shape index (κ3) is 2.29. The average molecular weight is 259 g/mol. The first-order chi connectivity index (χ1) is 9.28. The van der Waals surface area contributed by atoms with Gasteiger partial charge in [-0.25, -0.2) is 4.98 Å². The van der Waals surface area contributed by atoms with E-state index in [0.717, 1.165) is 35.1 Å². The summed E-state index contributed by atoms with van der Waals surface area (Å²) in [5.41, 5.74) is 7.60. The van der Waals surface area contributed by atoms with E-state index in [4.69, 9.17) is 15.2 Å². The van der Waals surface area contributed by atoms with Gasteiger partial charge in [0.1, 0.15) is 19.0 Å². The van der Waals surface area contributed by atoms with Gasteiger partial charge < -0.3 is 19.8 Å². The third-order valence-electron chi connectivity index (χ3n) is 3.14. The number of hydrogen-bond donors (Lipinski definition) is 1. The van der Waals surface area contributed by atoms with Crippen LogP contribution in [0.4, 0.5) is 0 Å². The van der Waals surface area contributed by atoms with Crippen LogP contribution in [0.5, 0.6) is 11.5 Å². The molecule has 0 saturated heterocycles. The fourth-order valence-corrected chi connectivity index (χ4v) is 2.24. The zero-order valence-electron chi connectivity index (χ0n) is 10.9. The molecule has 2 N–H and O–H groups in total. The summed E-state index contributed by atoms with van der Waals surface area (Å²) < 4.78 is 13.2. The van der Waals surface area contributed by atoms with Crippen LogP contribution in [0.2, 0.25) is 0 Å². The minimum Gasteiger partial charge on any atom is -0.486 e. The number of rotatable bonds is 3. The first-order valence-electron chi connectivity index (χ1n) is 6.43. The number of aromatic nitrogens is 2. The van der Waals surface area contributed by atoms with Crippen LogP contribution < -0.4 is 15.2 Å². The number of fused-ring (bicyclic) bond motifs is 1. The minimum atomic E-state index is 0.595. The largest absolute Gasteiger partial charge is 0.486 e. The lowest BCUT2D eigenvalue weighted by atomic mass is 10.2. The summed E-state index contributed by atoms with van der Waals surface area (Å²) in [6, 6.07) is 5.93. The van der Waals surface area contributed by atoms with E-state index in [1.807, 2.05) is 35.9 Å². The van der Waals surface area contributed by atoms with Gasteiger partial charge in [0.05, 0.1) is 11.4 Å². The van der Waals surface area contributed by atoms with Crippen LogP contribution in [0.1, 0.15) is 11.5 Å². The monoisotopic (exact) mass is 259 g/mol. The number of nitrogens with zero attached hydrogens (tertiary/aromatic N) is 2. The summed E-state index contributed by atoms with van der Waals surface area (Å²) in [5.74, 6) is 2.53. The zero-order chi connectivity index (χ0) is 13.2. The predicted molar refractivity (Wildman–Crippen MR) is 72.0 cm³/mol. The highest BCUT2D eigenvalue weighted by atomic mass is 16.6. The van der Waals surface area contributed by atoms with Gasteiger partial charge in [0.25, 0.3) is 0 Å². The van der Waals surface area contributed by atoms with Gasteiger partial charge in [-0.2, -0.15) is 0 Å². The molecule has 0 radical (unpaired) electrons. The number of aryl methyl sites for hydroxylation is 1. The van der Waals surface area contributed by atoms with Crippen LogP contribution in [0.3, 0.4) is 0 Å². The molecule has 5 heteroatoms. The molecule has 0 atom stereocenters. The van der Waals surface area contributed by atoms with Gasteiger partial charge in [0, 0.05) is 18.7 Å². The van der Waals surface area contributed by atoms with Gasteiger partial charge >= 0.3 is 0 Å². The molecule has 0 amide bonds. The second kappa shape index (κ2) is 4.93. The quantitative estimate of drug-likeness (QED) is 0.906. The molecular weight excluding hydrogens is 242 g/mol. The molecule has 0 fully saturated rings. The summed E-state index contributed by atoms with van der Waals surface area (Å²) in [7, 11) is 0. The molecule has 3 rings (SSSR count). The molecule has 5 nitrogen and oxygen atoms in total. The van der Waals surface area contributed by atoms with Crippen molar-refractivity contribution in [2.24, 2.45) is 5.73 Å². The van der Waals surface area contributed by atoms with Crippen molar-refractivity contribution in [3.8, 4) is 17.2 Å². The first kappa shape index (κ1) is 12.0. The second-order valence-electron chi connectivity index (χ2n) is 4.52. The molecule has 19 heavy (non-hydrogen) atoms. The Kier molecular flexibility index (Phi) is 3.13. The Morgan fingerprint density at radius 1 is 1.26 bits per heavy atom. The number of benzene rings is 1. The summed E-state index contributed by atoms with van der Waals surface area (Å²) in [6.45, 7) is 3.79. The molecule has 1 aromatic heterocycles. The molecular formula is C14H17N3O2. The topological polar surface area (TPSA) is 62.3 Å². The van der Waals surface area contributed by atoms with E-state index in [2.05, 4.69) is 4.98 Å². The Morgan fingerprint density at radius 2 is 2.05 bits per heavy atom. The van der Waals surface area contributed by atoms with Crippen LogP contribution >= 0.6 is 0 Å². The Morgan fingerprint density at radius 3 is 2.84 bits per heavy atom. The normalized spacial score (nSPS) is 13.6. The molecule has 1 aliphatic rings. The fourth-order valence-electron chi connectivity index (χ4n) is 2.24. The smallest absolute Gasteiger partial charge is 0.163 e. The summed E-state index contributed by atoms with van der Waals surface area (Å²) in [4.78, 5) is 4.50. The third-order valence-corrected chi connectivity index (χ3v) is 3.14. The number of hydrogen-bond acceptors (Lipinski definition) is 4. The van der Waals surface area contributed by atoms with Gasteiger partial charge in [-0.1, -0.05) is 0 Å². The van der Waals surface area contributed by atoms with Crippen molar-refractivity contribution in [2.45, 2.75) is 13.3 Å². The SMILES string of the molecule is Cc1nc(CCN)cn1-c1ccc2c(c1)OCCO2. The number of ether oxygens (including phenoxy) is 2. The fraction of sp³-hybridized carbons (Fsp3) is 0.357. The highest BCUT2D eigenvalue weighted by Crippen LogP contribution is 2.32. The maximum Gasteiger partial charge on any atom is 0.163 e. The first-order valence-corrected chi connectivity index (χ1v) is 6.43.